The van der Waals surface area contributed by atoms with Crippen molar-refractivity contribution in [1.82, 2.24) is 4.72 Å². The zero-order valence-corrected chi connectivity index (χ0v) is 11.1. The quantitative estimate of drug-likeness (QED) is 0.828. The number of carboxylic acids is 1. The number of rotatable bonds is 4. The molecule has 1 aliphatic rings. The van der Waals surface area contributed by atoms with Gasteiger partial charge in [-0.1, -0.05) is 12.2 Å². The van der Waals surface area contributed by atoms with E-state index in [4.69, 9.17) is 5.11 Å². The molecular weight excluding hydrogens is 274 g/mol. The summed E-state index contributed by atoms with van der Waals surface area (Å²) in [6.07, 6.45) is 6.16. The van der Waals surface area contributed by atoms with Gasteiger partial charge in [-0.25, -0.2) is 17.9 Å². The van der Waals surface area contributed by atoms with E-state index in [1.165, 1.54) is 11.4 Å². The first-order valence-corrected chi connectivity index (χ1v) is 7.85. The Balaban J connectivity index is 2.22. The van der Waals surface area contributed by atoms with Gasteiger partial charge in [0.1, 0.15) is 9.77 Å². The minimum atomic E-state index is -3.75. The minimum absolute atomic E-state index is 0.144. The van der Waals surface area contributed by atoms with Gasteiger partial charge in [0.2, 0.25) is 10.0 Å². The first-order chi connectivity index (χ1) is 8.50. The molecule has 98 valence electrons. The van der Waals surface area contributed by atoms with Crippen LogP contribution in [0, 0.1) is 0 Å². The fraction of sp³-hybridized carbons (Fsp3) is 0.364. The second-order valence-corrected chi connectivity index (χ2v) is 6.62. The molecule has 1 aromatic rings. The molecule has 0 amide bonds. The fourth-order valence-corrected chi connectivity index (χ4v) is 4.39. The van der Waals surface area contributed by atoms with Crippen molar-refractivity contribution in [2.75, 3.05) is 0 Å². The van der Waals surface area contributed by atoms with Crippen LogP contribution >= 0.6 is 11.3 Å². The molecule has 0 aliphatic heterocycles. The highest BCUT2D eigenvalue weighted by atomic mass is 32.2. The highest BCUT2D eigenvalue weighted by Gasteiger charge is 2.26. The van der Waals surface area contributed by atoms with Gasteiger partial charge in [-0.2, -0.15) is 0 Å². The number of carboxylic acid groups (broad SMARTS) is 1. The lowest BCUT2D eigenvalue weighted by Crippen LogP contribution is -2.35. The van der Waals surface area contributed by atoms with Crippen LogP contribution in [0.4, 0.5) is 0 Å². The van der Waals surface area contributed by atoms with E-state index < -0.39 is 16.0 Å². The first-order valence-electron chi connectivity index (χ1n) is 5.49. The number of hydrogen-bond donors (Lipinski definition) is 2. The predicted molar refractivity (Wildman–Crippen MR) is 68.4 cm³/mol. The van der Waals surface area contributed by atoms with Gasteiger partial charge < -0.3 is 5.11 Å². The largest absolute Gasteiger partial charge is 0.477 e. The molecular formula is C11H13NO4S2. The van der Waals surface area contributed by atoms with Crippen LogP contribution in [0.2, 0.25) is 0 Å². The summed E-state index contributed by atoms with van der Waals surface area (Å²) in [6, 6.07) is 1.18. The Bertz CT molecular complexity index is 574. The monoisotopic (exact) mass is 287 g/mol. The molecule has 0 saturated carbocycles. The molecule has 5 nitrogen and oxygen atoms in total. The Labute approximate surface area is 109 Å². The highest BCUT2D eigenvalue weighted by molar-refractivity contribution is 7.89. The van der Waals surface area contributed by atoms with Crippen molar-refractivity contribution >= 4 is 27.3 Å². The second-order valence-electron chi connectivity index (χ2n) is 4.02. The lowest BCUT2D eigenvalue weighted by Gasteiger charge is -2.19. The summed E-state index contributed by atoms with van der Waals surface area (Å²) in [5.41, 5.74) is 0. The van der Waals surface area contributed by atoms with Crippen LogP contribution in [0.3, 0.4) is 0 Å². The van der Waals surface area contributed by atoms with Gasteiger partial charge in [0.05, 0.1) is 0 Å². The van der Waals surface area contributed by atoms with Crippen molar-refractivity contribution in [3.8, 4) is 0 Å². The lowest BCUT2D eigenvalue weighted by molar-refractivity contribution is 0.0698. The Hall–Kier alpha value is -1.18. The van der Waals surface area contributed by atoms with Crippen molar-refractivity contribution in [3.63, 3.8) is 0 Å². The first kappa shape index (κ1) is 13.3. The molecule has 18 heavy (non-hydrogen) atoms. The van der Waals surface area contributed by atoms with Crippen LogP contribution in [0.25, 0.3) is 0 Å². The lowest BCUT2D eigenvalue weighted by atomic mass is 10.0. The number of carbonyl (C=O) groups is 1. The van der Waals surface area contributed by atoms with Crippen LogP contribution in [-0.4, -0.2) is 25.5 Å². The van der Waals surface area contributed by atoms with Gasteiger partial charge in [0.15, 0.2) is 0 Å². The van der Waals surface area contributed by atoms with E-state index >= 15 is 0 Å². The fourth-order valence-electron chi connectivity index (χ4n) is 1.85. The molecule has 0 spiro atoms. The number of hydrogen-bond acceptors (Lipinski definition) is 4. The standard InChI is InChI=1S/C11H13NO4S2/c13-11(14)10-9(6-7-17-10)18(15,16)12-8-4-2-1-3-5-8/h1-2,6-8,12H,3-5H2,(H,13,14). The average molecular weight is 287 g/mol. The number of allylic oxidation sites excluding steroid dienone is 1. The van der Waals surface area contributed by atoms with E-state index in [9.17, 15) is 13.2 Å². The molecule has 1 aliphatic carbocycles. The average Bonchev–Trinajstić information content (AvgIpc) is 2.79. The molecule has 0 saturated heterocycles. The Kier molecular flexibility index (Phi) is 3.84. The van der Waals surface area contributed by atoms with Gasteiger partial charge in [-0.05, 0) is 30.7 Å². The number of thiophene rings is 1. The molecule has 0 bridgehead atoms. The summed E-state index contributed by atoms with van der Waals surface area (Å²) in [7, 11) is -3.75. The number of sulfonamides is 1. The van der Waals surface area contributed by atoms with E-state index in [0.29, 0.717) is 6.42 Å². The molecule has 2 rings (SSSR count). The van der Waals surface area contributed by atoms with Gasteiger partial charge in [-0.3, -0.25) is 0 Å². The maximum absolute atomic E-state index is 12.1. The molecule has 0 fully saturated rings. The SMILES string of the molecule is O=C(O)c1sccc1S(=O)(=O)NC1CC=CCC1. The van der Waals surface area contributed by atoms with E-state index in [1.54, 1.807) is 0 Å². The molecule has 1 atom stereocenters. The topological polar surface area (TPSA) is 83.5 Å². The maximum Gasteiger partial charge on any atom is 0.347 e. The summed E-state index contributed by atoms with van der Waals surface area (Å²) in [6.45, 7) is 0. The highest BCUT2D eigenvalue weighted by Crippen LogP contribution is 2.23. The van der Waals surface area contributed by atoms with E-state index in [0.717, 1.165) is 24.2 Å². The smallest absolute Gasteiger partial charge is 0.347 e. The van der Waals surface area contributed by atoms with E-state index in [1.807, 2.05) is 12.2 Å². The third-order valence-electron chi connectivity index (χ3n) is 2.70. The molecule has 1 heterocycles. The summed E-state index contributed by atoms with van der Waals surface area (Å²) < 4.78 is 26.7. The Morgan fingerprint density at radius 1 is 1.44 bits per heavy atom. The zero-order valence-electron chi connectivity index (χ0n) is 9.50. The summed E-state index contributed by atoms with van der Waals surface area (Å²) in [4.78, 5) is 10.6. The van der Waals surface area contributed by atoms with Crippen molar-refractivity contribution in [2.45, 2.75) is 30.2 Å². The van der Waals surface area contributed by atoms with Crippen molar-refractivity contribution in [2.24, 2.45) is 0 Å². The molecule has 2 N–H and O–H groups in total. The molecule has 1 aromatic heterocycles. The second kappa shape index (κ2) is 5.21. The third-order valence-corrected chi connectivity index (χ3v) is 5.30. The van der Waals surface area contributed by atoms with Crippen molar-refractivity contribution < 1.29 is 18.3 Å². The predicted octanol–water partition coefficient (Wildman–Crippen LogP) is 1.83. The van der Waals surface area contributed by atoms with Crippen LogP contribution in [0.1, 0.15) is 28.9 Å². The number of aromatic carboxylic acids is 1. The van der Waals surface area contributed by atoms with Gasteiger partial charge in [0, 0.05) is 6.04 Å². The minimum Gasteiger partial charge on any atom is -0.477 e. The van der Waals surface area contributed by atoms with Gasteiger partial charge in [0.25, 0.3) is 0 Å². The van der Waals surface area contributed by atoms with Crippen LogP contribution < -0.4 is 4.72 Å². The Morgan fingerprint density at radius 2 is 2.22 bits per heavy atom. The van der Waals surface area contributed by atoms with Crippen LogP contribution in [0.5, 0.6) is 0 Å². The van der Waals surface area contributed by atoms with Crippen molar-refractivity contribution in [3.05, 3.63) is 28.5 Å². The summed E-state index contributed by atoms with van der Waals surface area (Å²) >= 11 is 0.914. The van der Waals surface area contributed by atoms with Crippen LogP contribution in [0.15, 0.2) is 28.5 Å². The van der Waals surface area contributed by atoms with Gasteiger partial charge in [-0.15, -0.1) is 11.3 Å². The third kappa shape index (κ3) is 2.80. The molecule has 0 aromatic carbocycles. The molecule has 0 radical (unpaired) electrons. The maximum atomic E-state index is 12.1. The zero-order chi connectivity index (χ0) is 13.2. The molecule has 7 heteroatoms. The summed E-state index contributed by atoms with van der Waals surface area (Å²) in [5, 5.41) is 10.4. The van der Waals surface area contributed by atoms with E-state index in [-0.39, 0.29) is 15.8 Å². The van der Waals surface area contributed by atoms with Gasteiger partial charge >= 0.3 is 5.97 Å². The van der Waals surface area contributed by atoms with E-state index in [2.05, 4.69) is 4.72 Å². The molecule has 1 unspecified atom stereocenters. The number of nitrogens with one attached hydrogen (secondary N) is 1. The van der Waals surface area contributed by atoms with Crippen molar-refractivity contribution in [1.29, 1.82) is 0 Å². The Morgan fingerprint density at radius 3 is 2.83 bits per heavy atom. The normalized spacial score (nSPS) is 19.9. The van der Waals surface area contributed by atoms with Crippen LogP contribution in [-0.2, 0) is 10.0 Å². The summed E-state index contributed by atoms with van der Waals surface area (Å²) in [5.74, 6) is -1.21.